The number of halogens is 3. The van der Waals surface area contributed by atoms with Gasteiger partial charge in [-0.3, -0.25) is 19.1 Å². The summed E-state index contributed by atoms with van der Waals surface area (Å²) in [5, 5.41) is 6.71. The number of para-hydroxylation sites is 1. The Kier molecular flexibility index (Phi) is 8.28. The maximum Gasteiger partial charge on any atom is 0.435 e. The van der Waals surface area contributed by atoms with Crippen molar-refractivity contribution in [3.63, 3.8) is 0 Å². The van der Waals surface area contributed by atoms with Crippen LogP contribution in [0.4, 0.5) is 13.2 Å². The van der Waals surface area contributed by atoms with Crippen LogP contribution in [0.15, 0.2) is 24.3 Å². The molecule has 1 saturated heterocycles. The second kappa shape index (κ2) is 11.7. The number of benzene rings is 1. The second-order valence-corrected chi connectivity index (χ2v) is 11.2. The number of ether oxygens (including phenoxy) is 1. The molecule has 3 heterocycles. The molecular formula is C29H36F3N5O4. The molecule has 1 fully saturated rings. The van der Waals surface area contributed by atoms with Crippen LogP contribution in [-0.2, 0) is 35.2 Å². The summed E-state index contributed by atoms with van der Waals surface area (Å²) in [7, 11) is 1.74. The maximum atomic E-state index is 13.8. The molecule has 3 aliphatic rings. The van der Waals surface area contributed by atoms with Gasteiger partial charge in [0.1, 0.15) is 18.9 Å². The van der Waals surface area contributed by atoms with Crippen molar-refractivity contribution in [2.75, 3.05) is 39.8 Å². The van der Waals surface area contributed by atoms with Crippen LogP contribution in [0.2, 0.25) is 0 Å². The topological polar surface area (TPSA) is 96.8 Å². The number of alkyl halides is 3. The number of piperidine rings is 1. The molecule has 1 aromatic carbocycles. The predicted molar refractivity (Wildman–Crippen MR) is 143 cm³/mol. The van der Waals surface area contributed by atoms with Crippen LogP contribution in [0.3, 0.4) is 0 Å². The number of hydrogen-bond acceptors (Lipinski definition) is 5. The zero-order valence-electron chi connectivity index (χ0n) is 23.3. The third-order valence-electron chi connectivity index (χ3n) is 8.62. The van der Waals surface area contributed by atoms with Crippen LogP contribution < -0.4 is 10.1 Å². The monoisotopic (exact) mass is 575 g/mol. The Balaban J connectivity index is 1.25. The van der Waals surface area contributed by atoms with Crippen LogP contribution in [-0.4, -0.2) is 77.1 Å². The number of rotatable bonds is 2. The molecule has 0 radical (unpaired) electrons. The highest BCUT2D eigenvalue weighted by Crippen LogP contribution is 2.39. The predicted octanol–water partition coefficient (Wildman–Crippen LogP) is 3.45. The largest absolute Gasteiger partial charge is 0.491 e. The Morgan fingerprint density at radius 2 is 1.80 bits per heavy atom. The Hall–Kier alpha value is -3.57. The van der Waals surface area contributed by atoms with E-state index < -0.39 is 17.3 Å². The van der Waals surface area contributed by atoms with Crippen molar-refractivity contribution in [2.24, 2.45) is 5.41 Å². The average Bonchev–Trinajstić information content (AvgIpc) is 3.56. The number of aromatic nitrogens is 2. The number of carbonyl (C=O) groups excluding carboxylic acids is 3. The van der Waals surface area contributed by atoms with E-state index in [4.69, 9.17) is 4.74 Å². The van der Waals surface area contributed by atoms with Crippen LogP contribution in [0.25, 0.3) is 0 Å². The quantitative estimate of drug-likeness (QED) is 0.592. The number of hydrogen-bond donors (Lipinski definition) is 1. The summed E-state index contributed by atoms with van der Waals surface area (Å²) in [5.41, 5.74) is -0.374. The van der Waals surface area contributed by atoms with E-state index in [1.807, 2.05) is 0 Å². The maximum absolute atomic E-state index is 13.8. The minimum Gasteiger partial charge on any atom is -0.491 e. The van der Waals surface area contributed by atoms with Crippen molar-refractivity contribution >= 4 is 17.7 Å². The normalized spacial score (nSPS) is 20.2. The Labute approximate surface area is 237 Å². The number of nitrogens with one attached hydrogen (secondary N) is 1. The first-order valence-corrected chi connectivity index (χ1v) is 14.3. The van der Waals surface area contributed by atoms with Gasteiger partial charge in [-0.25, -0.2) is 0 Å². The summed E-state index contributed by atoms with van der Waals surface area (Å²) in [6, 6.07) is 7.02. The van der Waals surface area contributed by atoms with E-state index in [2.05, 4.69) is 10.4 Å². The number of nitrogens with zero attached hydrogens (tertiary/aromatic N) is 4. The van der Waals surface area contributed by atoms with Crippen molar-refractivity contribution in [1.29, 1.82) is 0 Å². The Morgan fingerprint density at radius 3 is 2.56 bits per heavy atom. The zero-order valence-corrected chi connectivity index (χ0v) is 23.3. The molecule has 0 bridgehead atoms. The summed E-state index contributed by atoms with van der Waals surface area (Å²) in [4.78, 5) is 42.9. The molecule has 12 heteroatoms. The summed E-state index contributed by atoms with van der Waals surface area (Å²) in [6.07, 6.45) is -0.164. The summed E-state index contributed by atoms with van der Waals surface area (Å²) in [6.45, 7) is 1.47. The molecule has 0 atom stereocenters. The summed E-state index contributed by atoms with van der Waals surface area (Å²) in [5.74, 6) is -0.0204. The highest BCUT2D eigenvalue weighted by atomic mass is 19.4. The first-order chi connectivity index (χ1) is 19.6. The van der Waals surface area contributed by atoms with E-state index in [-0.39, 0.29) is 36.4 Å². The molecule has 3 amide bonds. The highest BCUT2D eigenvalue weighted by Gasteiger charge is 2.44. The lowest BCUT2D eigenvalue weighted by Crippen LogP contribution is -2.51. The van der Waals surface area contributed by atoms with Gasteiger partial charge in [-0.2, -0.15) is 18.3 Å². The van der Waals surface area contributed by atoms with E-state index in [1.165, 1.54) is 4.68 Å². The van der Waals surface area contributed by atoms with Crippen molar-refractivity contribution in [1.82, 2.24) is 24.9 Å². The number of amides is 3. The van der Waals surface area contributed by atoms with Gasteiger partial charge in [-0.15, -0.1) is 0 Å². The molecular weight excluding hydrogens is 539 g/mol. The van der Waals surface area contributed by atoms with Crippen LogP contribution in [0, 0.1) is 5.41 Å². The fourth-order valence-corrected chi connectivity index (χ4v) is 6.32. The lowest BCUT2D eigenvalue weighted by molar-refractivity contribution is -0.148. The van der Waals surface area contributed by atoms with E-state index in [9.17, 15) is 27.6 Å². The van der Waals surface area contributed by atoms with Crippen molar-refractivity contribution in [3.8, 4) is 5.75 Å². The van der Waals surface area contributed by atoms with Gasteiger partial charge >= 0.3 is 6.18 Å². The molecule has 2 aliphatic heterocycles. The molecule has 5 rings (SSSR count). The highest BCUT2D eigenvalue weighted by molar-refractivity contribution is 5.96. The zero-order chi connectivity index (χ0) is 29.2. The number of likely N-dealkylation sites (tertiary alicyclic amines) is 1. The first kappa shape index (κ1) is 28.9. The Bertz CT molecular complexity index is 1300. The third-order valence-corrected chi connectivity index (χ3v) is 8.62. The number of likely N-dealkylation sites (N-methyl/N-ethyl adjacent to an activating group) is 1. The lowest BCUT2D eigenvalue weighted by Gasteiger charge is -2.42. The minimum absolute atomic E-state index is 0.00212. The number of fused-ring (bicyclic) bond motifs is 2. The van der Waals surface area contributed by atoms with Crippen molar-refractivity contribution in [2.45, 2.75) is 64.1 Å². The molecule has 0 unspecified atom stereocenters. The summed E-state index contributed by atoms with van der Waals surface area (Å²) >= 11 is 0. The molecule has 1 N–H and O–H groups in total. The SMILES string of the molecule is CN1CCOc2ccccc2C(=O)NCCCCC2(CCN(C(=O)Cn3nc(C(F)(F)F)c4c3CCC4)CC2)C1=O. The molecule has 222 valence electrons. The first-order valence-electron chi connectivity index (χ1n) is 14.3. The fourth-order valence-electron chi connectivity index (χ4n) is 6.32. The van der Waals surface area contributed by atoms with Crippen LogP contribution in [0.5, 0.6) is 5.75 Å². The molecule has 41 heavy (non-hydrogen) atoms. The summed E-state index contributed by atoms with van der Waals surface area (Å²) < 4.78 is 47.5. The standard InChI is InChI=1S/C29H36F3N5O4/c1-35-17-18-41-23-10-3-2-7-21(23)26(39)33-14-5-4-11-28(27(35)40)12-15-36(16-13-28)24(38)19-37-22-9-6-8-20(22)25(34-37)29(30,31)32/h2-3,7,10H,4-6,8-9,11-19H2,1H3,(H,33,39). The van der Waals surface area contributed by atoms with E-state index in [0.29, 0.717) is 88.1 Å². The van der Waals surface area contributed by atoms with Crippen molar-refractivity contribution < 1.29 is 32.3 Å². The third kappa shape index (κ3) is 6.06. The molecule has 0 saturated carbocycles. The lowest BCUT2D eigenvalue weighted by atomic mass is 9.73. The Morgan fingerprint density at radius 1 is 1.05 bits per heavy atom. The molecule has 1 aliphatic carbocycles. The van der Waals surface area contributed by atoms with Gasteiger partial charge in [-0.1, -0.05) is 18.6 Å². The van der Waals surface area contributed by atoms with Gasteiger partial charge in [-0.05, 0) is 57.1 Å². The smallest absolute Gasteiger partial charge is 0.435 e. The fraction of sp³-hybridized carbons (Fsp3) is 0.586. The molecule has 9 nitrogen and oxygen atoms in total. The number of carbonyl (C=O) groups is 3. The molecule has 1 spiro atoms. The minimum atomic E-state index is -4.55. The second-order valence-electron chi connectivity index (χ2n) is 11.2. The van der Waals surface area contributed by atoms with Gasteiger partial charge in [0.05, 0.1) is 17.5 Å². The van der Waals surface area contributed by atoms with E-state index in [0.717, 1.165) is 6.42 Å². The molecule has 2 aromatic rings. The van der Waals surface area contributed by atoms with Crippen LogP contribution in [0.1, 0.15) is 65.8 Å². The van der Waals surface area contributed by atoms with E-state index in [1.54, 1.807) is 41.1 Å². The molecule has 1 aromatic heterocycles. The van der Waals surface area contributed by atoms with Gasteiger partial charge in [0.2, 0.25) is 11.8 Å². The van der Waals surface area contributed by atoms with Crippen LogP contribution >= 0.6 is 0 Å². The average molecular weight is 576 g/mol. The van der Waals surface area contributed by atoms with E-state index >= 15 is 0 Å². The van der Waals surface area contributed by atoms with Gasteiger partial charge in [0.25, 0.3) is 5.91 Å². The van der Waals surface area contributed by atoms with Crippen molar-refractivity contribution in [3.05, 3.63) is 46.8 Å². The van der Waals surface area contributed by atoms with Gasteiger partial charge in [0.15, 0.2) is 5.69 Å². The van der Waals surface area contributed by atoms with Gasteiger partial charge < -0.3 is 19.9 Å². The van der Waals surface area contributed by atoms with Gasteiger partial charge in [0, 0.05) is 37.9 Å².